The molecule has 0 heterocycles. The molecule has 1 aromatic carbocycles. The number of halogens is 1. The van der Waals surface area contributed by atoms with Crippen LogP contribution in [0.3, 0.4) is 0 Å². The van der Waals surface area contributed by atoms with Gasteiger partial charge in [-0.3, -0.25) is 14.9 Å². The zero-order valence-corrected chi connectivity index (χ0v) is 10.7. The van der Waals surface area contributed by atoms with Crippen LogP contribution in [0.15, 0.2) is 18.2 Å². The number of alkyl halides is 1. The summed E-state index contributed by atoms with van der Waals surface area (Å²) in [6.07, 6.45) is 0. The second-order valence-corrected chi connectivity index (χ2v) is 3.88. The van der Waals surface area contributed by atoms with E-state index in [1.54, 1.807) is 0 Å². The van der Waals surface area contributed by atoms with Crippen LogP contribution in [-0.2, 0) is 0 Å². The number of hydrogen-bond donors (Lipinski definition) is 1. The third kappa shape index (κ3) is 3.42. The van der Waals surface area contributed by atoms with Gasteiger partial charge in [-0.1, -0.05) is 15.9 Å². The topological polar surface area (TPSA) is 81.5 Å². The van der Waals surface area contributed by atoms with E-state index in [2.05, 4.69) is 21.2 Å². The summed E-state index contributed by atoms with van der Waals surface area (Å²) in [7, 11) is 1.32. The lowest BCUT2D eigenvalue weighted by Crippen LogP contribution is -2.25. The third-order valence-electron chi connectivity index (χ3n) is 2.02. The number of amides is 1. The lowest BCUT2D eigenvalue weighted by atomic mass is 10.2. The average Bonchev–Trinajstić information content (AvgIpc) is 2.34. The molecule has 1 aromatic rings. The van der Waals surface area contributed by atoms with Gasteiger partial charge in [0.25, 0.3) is 5.91 Å². The van der Waals surface area contributed by atoms with E-state index in [0.29, 0.717) is 17.4 Å². The molecule has 1 rings (SSSR count). The second kappa shape index (κ2) is 6.19. The molecule has 7 heteroatoms. The number of carbonyl (C=O) groups is 1. The lowest BCUT2D eigenvalue weighted by Gasteiger charge is -2.05. The standard InChI is InChI=1S/C10H11BrN2O4/c1-17-9-6-7(10(14)12-5-4-11)2-3-8(9)13(15)16/h2-3,6H,4-5H2,1H3,(H,12,14). The fraction of sp³-hybridized carbons (Fsp3) is 0.300. The van der Waals surface area contributed by atoms with Crippen molar-refractivity contribution in [1.82, 2.24) is 5.32 Å². The predicted molar refractivity (Wildman–Crippen MR) is 65.8 cm³/mol. The highest BCUT2D eigenvalue weighted by molar-refractivity contribution is 9.09. The molecular formula is C10H11BrN2O4. The number of ether oxygens (including phenoxy) is 1. The van der Waals surface area contributed by atoms with Gasteiger partial charge in [-0.15, -0.1) is 0 Å². The van der Waals surface area contributed by atoms with Crippen molar-refractivity contribution in [3.05, 3.63) is 33.9 Å². The van der Waals surface area contributed by atoms with E-state index < -0.39 is 4.92 Å². The van der Waals surface area contributed by atoms with Crippen LogP contribution in [0.5, 0.6) is 5.75 Å². The molecule has 0 fully saturated rings. The van der Waals surface area contributed by atoms with E-state index in [1.165, 1.54) is 25.3 Å². The Kier molecular flexibility index (Phi) is 4.89. The predicted octanol–water partition coefficient (Wildman–Crippen LogP) is 1.73. The maximum atomic E-state index is 11.6. The smallest absolute Gasteiger partial charge is 0.310 e. The van der Waals surface area contributed by atoms with E-state index in [0.717, 1.165) is 0 Å². The summed E-state index contributed by atoms with van der Waals surface area (Å²) in [4.78, 5) is 21.7. The van der Waals surface area contributed by atoms with Gasteiger partial charge in [0.2, 0.25) is 0 Å². The molecule has 17 heavy (non-hydrogen) atoms. The van der Waals surface area contributed by atoms with Crippen molar-refractivity contribution in [2.75, 3.05) is 19.0 Å². The minimum Gasteiger partial charge on any atom is -0.490 e. The summed E-state index contributed by atoms with van der Waals surface area (Å²) < 4.78 is 4.87. The van der Waals surface area contributed by atoms with Gasteiger partial charge in [-0.05, 0) is 6.07 Å². The molecule has 0 saturated carbocycles. The minimum atomic E-state index is -0.557. The van der Waals surface area contributed by atoms with Gasteiger partial charge in [0.1, 0.15) is 0 Å². The molecular weight excluding hydrogens is 292 g/mol. The molecule has 0 saturated heterocycles. The van der Waals surface area contributed by atoms with Gasteiger partial charge in [-0.25, -0.2) is 0 Å². The van der Waals surface area contributed by atoms with Crippen LogP contribution >= 0.6 is 15.9 Å². The van der Waals surface area contributed by atoms with Crippen molar-refractivity contribution in [3.63, 3.8) is 0 Å². The number of nitro benzene ring substituents is 1. The molecule has 0 aliphatic rings. The van der Waals surface area contributed by atoms with Gasteiger partial charge in [0.05, 0.1) is 12.0 Å². The van der Waals surface area contributed by atoms with Gasteiger partial charge in [-0.2, -0.15) is 0 Å². The molecule has 0 bridgehead atoms. The maximum absolute atomic E-state index is 11.6. The van der Waals surface area contributed by atoms with Crippen molar-refractivity contribution in [2.24, 2.45) is 0 Å². The van der Waals surface area contributed by atoms with Crippen LogP contribution in [0.1, 0.15) is 10.4 Å². The highest BCUT2D eigenvalue weighted by Crippen LogP contribution is 2.27. The monoisotopic (exact) mass is 302 g/mol. The summed E-state index contributed by atoms with van der Waals surface area (Å²) >= 11 is 3.18. The summed E-state index contributed by atoms with van der Waals surface area (Å²) in [5, 5.41) is 13.9. The van der Waals surface area contributed by atoms with Crippen molar-refractivity contribution in [1.29, 1.82) is 0 Å². The zero-order chi connectivity index (χ0) is 12.8. The van der Waals surface area contributed by atoms with Crippen LogP contribution in [0.4, 0.5) is 5.69 Å². The minimum absolute atomic E-state index is 0.0708. The molecule has 0 unspecified atom stereocenters. The third-order valence-corrected chi connectivity index (χ3v) is 2.42. The van der Waals surface area contributed by atoms with Crippen LogP contribution in [-0.4, -0.2) is 29.8 Å². The fourth-order valence-electron chi connectivity index (χ4n) is 1.23. The van der Waals surface area contributed by atoms with Gasteiger partial charge in [0.15, 0.2) is 5.75 Å². The Hall–Kier alpha value is -1.63. The largest absolute Gasteiger partial charge is 0.490 e. The Balaban J connectivity index is 2.97. The number of benzene rings is 1. The number of nitro groups is 1. The molecule has 0 aliphatic carbocycles. The normalized spacial score (nSPS) is 9.76. The first-order chi connectivity index (χ1) is 8.10. The van der Waals surface area contributed by atoms with E-state index in [9.17, 15) is 14.9 Å². The molecule has 0 aromatic heterocycles. The van der Waals surface area contributed by atoms with E-state index in [-0.39, 0.29) is 17.3 Å². The van der Waals surface area contributed by atoms with Gasteiger partial charge < -0.3 is 10.1 Å². The van der Waals surface area contributed by atoms with Gasteiger partial charge in [0, 0.05) is 29.6 Å². The molecule has 0 atom stereocenters. The lowest BCUT2D eigenvalue weighted by molar-refractivity contribution is -0.385. The van der Waals surface area contributed by atoms with Crippen molar-refractivity contribution < 1.29 is 14.5 Å². The first-order valence-electron chi connectivity index (χ1n) is 4.76. The van der Waals surface area contributed by atoms with E-state index in [4.69, 9.17) is 4.74 Å². The highest BCUT2D eigenvalue weighted by Gasteiger charge is 2.16. The number of nitrogens with zero attached hydrogens (tertiary/aromatic N) is 1. The Morgan fingerprint density at radius 2 is 2.29 bits per heavy atom. The Morgan fingerprint density at radius 1 is 1.59 bits per heavy atom. The number of carbonyl (C=O) groups excluding carboxylic acids is 1. The van der Waals surface area contributed by atoms with Crippen LogP contribution < -0.4 is 10.1 Å². The number of nitrogens with one attached hydrogen (secondary N) is 1. The molecule has 0 aliphatic heterocycles. The number of methoxy groups -OCH3 is 1. The molecule has 1 amide bonds. The summed E-state index contributed by atoms with van der Waals surface area (Å²) in [6.45, 7) is 0.484. The summed E-state index contributed by atoms with van der Waals surface area (Å²) in [6, 6.07) is 3.99. The average molecular weight is 303 g/mol. The van der Waals surface area contributed by atoms with Crippen LogP contribution in [0, 0.1) is 10.1 Å². The molecule has 6 nitrogen and oxygen atoms in total. The first kappa shape index (κ1) is 13.4. The quantitative estimate of drug-likeness (QED) is 0.510. The van der Waals surface area contributed by atoms with Crippen LogP contribution in [0.25, 0.3) is 0 Å². The fourth-order valence-corrected chi connectivity index (χ4v) is 1.43. The van der Waals surface area contributed by atoms with E-state index >= 15 is 0 Å². The maximum Gasteiger partial charge on any atom is 0.310 e. The van der Waals surface area contributed by atoms with Crippen molar-refractivity contribution in [3.8, 4) is 5.75 Å². The van der Waals surface area contributed by atoms with Crippen molar-refractivity contribution in [2.45, 2.75) is 0 Å². The van der Waals surface area contributed by atoms with Crippen LogP contribution in [0.2, 0.25) is 0 Å². The van der Waals surface area contributed by atoms with Crippen molar-refractivity contribution >= 4 is 27.5 Å². The summed E-state index contributed by atoms with van der Waals surface area (Å²) in [5.41, 5.74) is 0.165. The molecule has 0 radical (unpaired) electrons. The Bertz CT molecular complexity index is 436. The SMILES string of the molecule is COc1cc(C(=O)NCCBr)ccc1[N+](=O)[O-]. The first-order valence-corrected chi connectivity index (χ1v) is 5.89. The van der Waals surface area contributed by atoms with Gasteiger partial charge >= 0.3 is 5.69 Å². The highest BCUT2D eigenvalue weighted by atomic mass is 79.9. The summed E-state index contributed by atoms with van der Waals surface area (Å²) in [5.74, 6) is -0.223. The molecule has 1 N–H and O–H groups in total. The molecule has 92 valence electrons. The molecule has 0 spiro atoms. The number of hydrogen-bond acceptors (Lipinski definition) is 4. The second-order valence-electron chi connectivity index (χ2n) is 3.09. The van der Waals surface area contributed by atoms with E-state index in [1.807, 2.05) is 0 Å². The Labute approximate surface area is 106 Å². The Morgan fingerprint density at radius 3 is 2.82 bits per heavy atom. The number of rotatable bonds is 5. The zero-order valence-electron chi connectivity index (χ0n) is 9.10.